The Bertz CT molecular complexity index is 930. The fraction of sp³-hybridized carbons (Fsp3) is 0.421. The Kier molecular flexibility index (Phi) is 7.81. The number of carbonyl (C=O) groups is 2. The first-order valence-electron chi connectivity index (χ1n) is 8.92. The topological polar surface area (TPSA) is 130 Å². The van der Waals surface area contributed by atoms with E-state index in [4.69, 9.17) is 14.2 Å². The number of hydrogen-bond donors (Lipinski definition) is 1. The Labute approximate surface area is 177 Å². The number of benzene rings is 1. The molecule has 0 radical (unpaired) electrons. The Balaban J connectivity index is 2.02. The van der Waals surface area contributed by atoms with E-state index in [1.54, 1.807) is 39.2 Å². The third-order valence-electron chi connectivity index (χ3n) is 3.63. The molecule has 1 heterocycles. The molecule has 1 N–H and O–H groups in total. The van der Waals surface area contributed by atoms with Crippen LogP contribution < -0.4 is 10.1 Å². The van der Waals surface area contributed by atoms with Gasteiger partial charge in [0.05, 0.1) is 10.3 Å². The molecule has 0 aliphatic heterocycles. The first-order chi connectivity index (χ1) is 14.1. The third kappa shape index (κ3) is 6.48. The number of ether oxygens (including phenoxy) is 3. The maximum Gasteiger partial charge on any atom is 0.408 e. The van der Waals surface area contributed by atoms with Gasteiger partial charge in [0, 0.05) is 18.0 Å². The molecule has 30 heavy (non-hydrogen) atoms. The minimum Gasteiger partial charge on any atom is -0.455 e. The lowest BCUT2D eigenvalue weighted by molar-refractivity contribution is -0.383. The fourth-order valence-electron chi connectivity index (χ4n) is 2.44. The van der Waals surface area contributed by atoms with Gasteiger partial charge in [0.15, 0.2) is 0 Å². The van der Waals surface area contributed by atoms with E-state index in [9.17, 15) is 19.7 Å². The molecule has 1 amide bonds. The standard InChI is InChI=1S/C19H23N3O7S/c1-19(2,3)29-18(24)21-13(10-30-4)17(23)28-11-27-15-8-7-14(22(25)26)12-6-5-9-20-16(12)15/h5-9,13H,10-11H2,1-4H3,(H,21,24)/t13-/m0/s1. The first-order valence-corrected chi connectivity index (χ1v) is 10.3. The fourth-order valence-corrected chi connectivity index (χ4v) is 3.00. The highest BCUT2D eigenvalue weighted by Gasteiger charge is 2.25. The van der Waals surface area contributed by atoms with E-state index >= 15 is 0 Å². The molecule has 162 valence electrons. The molecule has 11 heteroatoms. The number of thioether (sulfide) groups is 1. The van der Waals surface area contributed by atoms with Crippen molar-refractivity contribution < 1.29 is 28.7 Å². The molecule has 1 aromatic heterocycles. The number of non-ortho nitro benzene ring substituents is 1. The minimum absolute atomic E-state index is 0.107. The average Bonchev–Trinajstić information content (AvgIpc) is 2.66. The van der Waals surface area contributed by atoms with Crippen molar-refractivity contribution in [2.75, 3.05) is 18.8 Å². The van der Waals surface area contributed by atoms with Crippen molar-refractivity contribution in [3.8, 4) is 5.75 Å². The third-order valence-corrected chi connectivity index (χ3v) is 4.30. The number of fused-ring (bicyclic) bond motifs is 1. The number of aromatic nitrogens is 1. The SMILES string of the molecule is CSC[C@H](NC(=O)OC(C)(C)C)C(=O)OCOc1ccc([N+](=O)[O-])c2cccnc12. The predicted molar refractivity (Wildman–Crippen MR) is 112 cm³/mol. The minimum atomic E-state index is -0.926. The number of carbonyl (C=O) groups excluding carboxylic acids is 2. The number of alkyl carbamates (subject to hydrolysis) is 1. The smallest absolute Gasteiger partial charge is 0.408 e. The van der Waals surface area contributed by atoms with E-state index in [2.05, 4.69) is 10.3 Å². The van der Waals surface area contributed by atoms with Gasteiger partial charge in [-0.1, -0.05) is 0 Å². The van der Waals surface area contributed by atoms with Crippen molar-refractivity contribution in [2.45, 2.75) is 32.4 Å². The normalized spacial score (nSPS) is 12.1. The highest BCUT2D eigenvalue weighted by atomic mass is 32.2. The van der Waals surface area contributed by atoms with Crippen LogP contribution in [0.5, 0.6) is 5.75 Å². The Hall–Kier alpha value is -3.08. The van der Waals surface area contributed by atoms with Gasteiger partial charge in [0.25, 0.3) is 5.69 Å². The Morgan fingerprint density at radius 2 is 2.03 bits per heavy atom. The van der Waals surface area contributed by atoms with Crippen LogP contribution in [0.4, 0.5) is 10.5 Å². The first kappa shape index (κ1) is 23.2. The summed E-state index contributed by atoms with van der Waals surface area (Å²) >= 11 is 1.35. The van der Waals surface area contributed by atoms with Crippen molar-refractivity contribution in [2.24, 2.45) is 0 Å². The maximum absolute atomic E-state index is 12.3. The summed E-state index contributed by atoms with van der Waals surface area (Å²) in [4.78, 5) is 39.0. The number of esters is 1. The van der Waals surface area contributed by atoms with Gasteiger partial charge in [-0.05, 0) is 45.2 Å². The second kappa shape index (κ2) is 10.1. The van der Waals surface area contributed by atoms with E-state index in [-0.39, 0.29) is 22.7 Å². The molecule has 10 nitrogen and oxygen atoms in total. The van der Waals surface area contributed by atoms with Crippen LogP contribution >= 0.6 is 11.8 Å². The van der Waals surface area contributed by atoms with Crippen LogP contribution in [0.2, 0.25) is 0 Å². The number of nitro benzene ring substituents is 1. The summed E-state index contributed by atoms with van der Waals surface area (Å²) in [6, 6.07) is 4.89. The largest absolute Gasteiger partial charge is 0.455 e. The number of pyridine rings is 1. The predicted octanol–water partition coefficient (Wildman–Crippen LogP) is 3.28. The average molecular weight is 437 g/mol. The van der Waals surface area contributed by atoms with Gasteiger partial charge in [-0.2, -0.15) is 11.8 Å². The zero-order valence-electron chi connectivity index (χ0n) is 17.0. The van der Waals surface area contributed by atoms with Crippen molar-refractivity contribution in [1.82, 2.24) is 10.3 Å². The second-order valence-corrected chi connectivity index (χ2v) is 8.03. The van der Waals surface area contributed by atoms with E-state index in [1.165, 1.54) is 30.1 Å². The molecule has 2 aromatic rings. The molecule has 0 bridgehead atoms. The molecular weight excluding hydrogens is 414 g/mol. The molecule has 0 fully saturated rings. The zero-order chi connectivity index (χ0) is 22.3. The van der Waals surface area contributed by atoms with Crippen LogP contribution in [0.15, 0.2) is 30.5 Å². The zero-order valence-corrected chi connectivity index (χ0v) is 17.9. The van der Waals surface area contributed by atoms with E-state index in [0.29, 0.717) is 5.39 Å². The van der Waals surface area contributed by atoms with Gasteiger partial charge in [-0.25, -0.2) is 9.59 Å². The summed E-state index contributed by atoms with van der Waals surface area (Å²) in [5.74, 6) is -0.194. The van der Waals surface area contributed by atoms with Gasteiger partial charge in [0.1, 0.15) is 22.9 Å². The molecule has 0 aliphatic rings. The molecule has 0 spiro atoms. The molecule has 1 aromatic carbocycles. The second-order valence-electron chi connectivity index (χ2n) is 7.12. The van der Waals surface area contributed by atoms with Crippen molar-refractivity contribution >= 4 is 40.4 Å². The van der Waals surface area contributed by atoms with Crippen molar-refractivity contribution in [1.29, 1.82) is 0 Å². The van der Waals surface area contributed by atoms with Crippen molar-refractivity contribution in [3.63, 3.8) is 0 Å². The lowest BCUT2D eigenvalue weighted by Crippen LogP contribution is -2.46. The monoisotopic (exact) mass is 437 g/mol. The highest BCUT2D eigenvalue weighted by Crippen LogP contribution is 2.31. The summed E-state index contributed by atoms with van der Waals surface area (Å²) in [6.07, 6.45) is 2.52. The van der Waals surface area contributed by atoms with Gasteiger partial charge in [-0.15, -0.1) is 0 Å². The Morgan fingerprint density at radius 1 is 1.30 bits per heavy atom. The van der Waals surface area contributed by atoms with Crippen LogP contribution in [0.25, 0.3) is 10.9 Å². The lowest BCUT2D eigenvalue weighted by Gasteiger charge is -2.22. The summed E-state index contributed by atoms with van der Waals surface area (Å²) in [5.41, 5.74) is -0.537. The van der Waals surface area contributed by atoms with Gasteiger partial charge in [0.2, 0.25) is 6.79 Å². The number of nitrogens with one attached hydrogen (secondary N) is 1. The van der Waals surface area contributed by atoms with Crippen LogP contribution in [0.3, 0.4) is 0 Å². The Morgan fingerprint density at radius 3 is 2.67 bits per heavy atom. The van der Waals surface area contributed by atoms with Gasteiger partial charge < -0.3 is 19.5 Å². The van der Waals surface area contributed by atoms with Crippen LogP contribution in [-0.4, -0.2) is 52.4 Å². The number of amides is 1. The molecule has 0 saturated carbocycles. The summed E-state index contributed by atoms with van der Waals surface area (Å²) in [6.45, 7) is 4.68. The van der Waals surface area contributed by atoms with Crippen molar-refractivity contribution in [3.05, 3.63) is 40.6 Å². The number of rotatable bonds is 8. The van der Waals surface area contributed by atoms with Crippen LogP contribution in [0, 0.1) is 10.1 Å². The number of nitrogens with zero attached hydrogens (tertiary/aromatic N) is 2. The maximum atomic E-state index is 12.3. The summed E-state index contributed by atoms with van der Waals surface area (Å²) in [5, 5.41) is 13.9. The molecule has 2 rings (SSSR count). The van der Waals surface area contributed by atoms with Gasteiger partial charge in [-0.3, -0.25) is 15.1 Å². The summed E-state index contributed by atoms with van der Waals surface area (Å²) < 4.78 is 15.7. The molecule has 0 saturated heterocycles. The van der Waals surface area contributed by atoms with E-state index < -0.39 is 35.4 Å². The number of nitro groups is 1. The van der Waals surface area contributed by atoms with Crippen LogP contribution in [-0.2, 0) is 14.3 Å². The molecule has 0 aliphatic carbocycles. The van der Waals surface area contributed by atoms with E-state index in [1.807, 2.05) is 0 Å². The van der Waals surface area contributed by atoms with E-state index in [0.717, 1.165) is 0 Å². The molecule has 0 unspecified atom stereocenters. The lowest BCUT2D eigenvalue weighted by atomic mass is 10.1. The number of hydrogen-bond acceptors (Lipinski definition) is 9. The highest BCUT2D eigenvalue weighted by molar-refractivity contribution is 7.98. The quantitative estimate of drug-likeness (QED) is 0.286. The molecule has 1 atom stereocenters. The van der Waals surface area contributed by atoms with Gasteiger partial charge >= 0.3 is 12.1 Å². The molecular formula is C19H23N3O7S. The van der Waals surface area contributed by atoms with Crippen LogP contribution in [0.1, 0.15) is 20.8 Å². The summed E-state index contributed by atoms with van der Waals surface area (Å²) in [7, 11) is 0.